The third kappa shape index (κ3) is 3.07. The fourth-order valence-corrected chi connectivity index (χ4v) is 3.81. The highest BCUT2D eigenvalue weighted by molar-refractivity contribution is 6.53. The Labute approximate surface area is 151 Å². The molecule has 0 bridgehead atoms. The third-order valence-electron chi connectivity index (χ3n) is 4.99. The molecule has 1 atom stereocenters. The number of carbonyl (C=O) groups is 2. The van der Waals surface area contributed by atoms with Crippen LogP contribution in [-0.4, -0.2) is 29.2 Å². The molecule has 1 aromatic carbocycles. The van der Waals surface area contributed by atoms with Crippen molar-refractivity contribution in [3.63, 3.8) is 0 Å². The number of piperidine rings is 1. The molecule has 0 radical (unpaired) electrons. The number of nitrogens with zero attached hydrogens (tertiary/aromatic N) is 1. The molecule has 1 aliphatic heterocycles. The van der Waals surface area contributed by atoms with Crippen LogP contribution in [0.15, 0.2) is 18.2 Å². The minimum absolute atomic E-state index is 0.243. The van der Waals surface area contributed by atoms with Gasteiger partial charge >= 0.3 is 0 Å². The normalized spacial score (nSPS) is 25.2. The monoisotopic (exact) mass is 369 g/mol. The van der Waals surface area contributed by atoms with E-state index in [1.54, 1.807) is 19.1 Å². The van der Waals surface area contributed by atoms with Gasteiger partial charge in [-0.25, -0.2) is 0 Å². The summed E-state index contributed by atoms with van der Waals surface area (Å²) >= 11 is 12.2. The highest BCUT2D eigenvalue weighted by Crippen LogP contribution is 2.64. The van der Waals surface area contributed by atoms with E-state index in [0.717, 1.165) is 31.6 Å². The summed E-state index contributed by atoms with van der Waals surface area (Å²) in [7, 11) is 0. The number of benzene rings is 1. The molecule has 3 N–H and O–H groups in total. The zero-order chi connectivity index (χ0) is 17.5. The molecule has 24 heavy (non-hydrogen) atoms. The number of nitrogens with two attached hydrogens (primary N) is 1. The Kier molecular flexibility index (Phi) is 4.43. The fraction of sp³-hybridized carbons (Fsp3) is 0.529. The van der Waals surface area contributed by atoms with Crippen LogP contribution in [0.4, 0.5) is 11.4 Å². The maximum atomic E-state index is 12.6. The van der Waals surface area contributed by atoms with E-state index >= 15 is 0 Å². The van der Waals surface area contributed by atoms with E-state index in [0.29, 0.717) is 17.7 Å². The van der Waals surface area contributed by atoms with Crippen molar-refractivity contribution in [2.24, 2.45) is 11.1 Å². The summed E-state index contributed by atoms with van der Waals surface area (Å²) in [5, 5.41) is 2.90. The van der Waals surface area contributed by atoms with Crippen molar-refractivity contribution in [3.05, 3.63) is 23.8 Å². The van der Waals surface area contributed by atoms with Crippen LogP contribution in [0.3, 0.4) is 0 Å². The van der Waals surface area contributed by atoms with Crippen molar-refractivity contribution in [2.75, 3.05) is 23.3 Å². The number of rotatable bonds is 4. The molecule has 3 rings (SSSR count). The van der Waals surface area contributed by atoms with Crippen LogP contribution >= 0.6 is 23.2 Å². The summed E-state index contributed by atoms with van der Waals surface area (Å²) < 4.78 is -1.04. The number of carbonyl (C=O) groups excluding carboxylic acids is 2. The smallest absolute Gasteiger partial charge is 0.248 e. The second-order valence-electron chi connectivity index (χ2n) is 6.81. The second-order valence-corrected chi connectivity index (χ2v) is 8.30. The van der Waals surface area contributed by atoms with Crippen LogP contribution in [-0.2, 0) is 4.79 Å². The minimum Gasteiger partial charge on any atom is -0.370 e. The summed E-state index contributed by atoms with van der Waals surface area (Å²) in [5.41, 5.74) is 6.39. The lowest BCUT2D eigenvalue weighted by Crippen LogP contribution is -2.32. The summed E-state index contributed by atoms with van der Waals surface area (Å²) in [5.74, 6) is -0.773. The van der Waals surface area contributed by atoms with E-state index in [1.165, 1.54) is 6.42 Å². The van der Waals surface area contributed by atoms with Gasteiger partial charge in [-0.2, -0.15) is 0 Å². The zero-order valence-corrected chi connectivity index (χ0v) is 15.1. The molecule has 1 aromatic rings. The Bertz CT molecular complexity index is 686. The summed E-state index contributed by atoms with van der Waals surface area (Å²) in [6.45, 7) is 3.58. The third-order valence-corrected chi connectivity index (χ3v) is 6.09. The van der Waals surface area contributed by atoms with E-state index in [9.17, 15) is 9.59 Å². The van der Waals surface area contributed by atoms with Crippen molar-refractivity contribution >= 4 is 46.4 Å². The molecule has 2 aliphatic rings. The average Bonchev–Trinajstić information content (AvgIpc) is 3.07. The SMILES string of the molecule is C[C@@]1(C(=O)Nc2cc(C(N)=O)ccc2N2CCCCC2)CC1(Cl)Cl. The molecule has 5 nitrogen and oxygen atoms in total. The zero-order valence-electron chi connectivity index (χ0n) is 13.6. The number of nitrogens with one attached hydrogen (secondary N) is 1. The number of alkyl halides is 2. The van der Waals surface area contributed by atoms with Gasteiger partial charge in [0.25, 0.3) is 0 Å². The van der Waals surface area contributed by atoms with Crippen LogP contribution in [0.5, 0.6) is 0 Å². The lowest BCUT2D eigenvalue weighted by Gasteiger charge is -2.31. The molecule has 1 saturated heterocycles. The van der Waals surface area contributed by atoms with Gasteiger partial charge in [0.15, 0.2) is 0 Å². The Morgan fingerprint density at radius 3 is 2.38 bits per heavy atom. The molecule has 2 fully saturated rings. The predicted octanol–water partition coefficient (Wildman–Crippen LogP) is 3.30. The second kappa shape index (κ2) is 6.12. The molecule has 1 saturated carbocycles. The van der Waals surface area contributed by atoms with Gasteiger partial charge in [0.1, 0.15) is 4.33 Å². The molecular weight excluding hydrogens is 349 g/mol. The van der Waals surface area contributed by atoms with E-state index in [-0.39, 0.29) is 5.91 Å². The van der Waals surface area contributed by atoms with Crippen molar-refractivity contribution in [2.45, 2.75) is 36.9 Å². The summed E-state index contributed by atoms with van der Waals surface area (Å²) in [6, 6.07) is 5.15. The quantitative estimate of drug-likeness (QED) is 0.799. The maximum absolute atomic E-state index is 12.6. The van der Waals surface area contributed by atoms with Crippen molar-refractivity contribution in [1.29, 1.82) is 0 Å². The number of primary amides is 1. The van der Waals surface area contributed by atoms with Gasteiger partial charge in [0.2, 0.25) is 11.8 Å². The number of anilines is 2. The Morgan fingerprint density at radius 1 is 1.21 bits per heavy atom. The van der Waals surface area contributed by atoms with Crippen LogP contribution in [0.1, 0.15) is 43.0 Å². The Morgan fingerprint density at radius 2 is 1.83 bits per heavy atom. The van der Waals surface area contributed by atoms with Gasteiger partial charge in [-0.3, -0.25) is 9.59 Å². The molecular formula is C17H21Cl2N3O2. The first-order valence-electron chi connectivity index (χ1n) is 8.13. The average molecular weight is 370 g/mol. The molecule has 1 aliphatic carbocycles. The molecule has 0 unspecified atom stereocenters. The largest absolute Gasteiger partial charge is 0.370 e. The van der Waals surface area contributed by atoms with Gasteiger partial charge in [0, 0.05) is 18.7 Å². The lowest BCUT2D eigenvalue weighted by molar-refractivity contribution is -0.120. The molecule has 2 amide bonds. The Hall–Kier alpha value is -1.46. The first-order chi connectivity index (χ1) is 11.2. The van der Waals surface area contributed by atoms with Gasteiger partial charge in [-0.05, 0) is 50.8 Å². The molecule has 1 heterocycles. The first kappa shape index (κ1) is 17.4. The Balaban J connectivity index is 1.90. The van der Waals surface area contributed by atoms with E-state index < -0.39 is 15.7 Å². The fourth-order valence-electron chi connectivity index (χ4n) is 3.11. The molecule has 0 aromatic heterocycles. The standard InChI is InChI=1S/C17H21Cl2N3O2/c1-16(10-17(16,18)19)15(24)21-12-9-11(14(20)23)5-6-13(12)22-7-3-2-4-8-22/h5-6,9H,2-4,7-8,10H2,1H3,(H2,20,23)(H,21,24)/t16-/m0/s1. The minimum atomic E-state index is -1.04. The van der Waals surface area contributed by atoms with Crippen LogP contribution in [0.2, 0.25) is 0 Å². The van der Waals surface area contributed by atoms with E-state index in [2.05, 4.69) is 10.2 Å². The molecule has 7 heteroatoms. The summed E-state index contributed by atoms with van der Waals surface area (Å²) in [4.78, 5) is 26.3. The molecule has 130 valence electrons. The van der Waals surface area contributed by atoms with Gasteiger partial charge in [-0.15, -0.1) is 23.2 Å². The van der Waals surface area contributed by atoms with Gasteiger partial charge in [0.05, 0.1) is 16.8 Å². The van der Waals surface area contributed by atoms with Crippen LogP contribution in [0.25, 0.3) is 0 Å². The van der Waals surface area contributed by atoms with Gasteiger partial charge in [-0.1, -0.05) is 0 Å². The first-order valence-corrected chi connectivity index (χ1v) is 8.88. The van der Waals surface area contributed by atoms with Crippen LogP contribution in [0, 0.1) is 5.41 Å². The number of amides is 2. The predicted molar refractivity (Wildman–Crippen MR) is 96.8 cm³/mol. The number of halogens is 2. The van der Waals surface area contributed by atoms with E-state index in [1.807, 2.05) is 6.07 Å². The maximum Gasteiger partial charge on any atom is 0.248 e. The van der Waals surface area contributed by atoms with Crippen LogP contribution < -0.4 is 16.0 Å². The summed E-state index contributed by atoms with van der Waals surface area (Å²) in [6.07, 6.45) is 3.82. The van der Waals surface area contributed by atoms with E-state index in [4.69, 9.17) is 28.9 Å². The number of hydrogen-bond acceptors (Lipinski definition) is 3. The van der Waals surface area contributed by atoms with Crippen molar-refractivity contribution in [1.82, 2.24) is 0 Å². The van der Waals surface area contributed by atoms with Gasteiger partial charge < -0.3 is 16.0 Å². The van der Waals surface area contributed by atoms with Crippen molar-refractivity contribution < 1.29 is 9.59 Å². The topological polar surface area (TPSA) is 75.4 Å². The number of hydrogen-bond donors (Lipinski definition) is 2. The molecule has 0 spiro atoms. The highest BCUT2D eigenvalue weighted by atomic mass is 35.5. The van der Waals surface area contributed by atoms with Crippen molar-refractivity contribution in [3.8, 4) is 0 Å². The highest BCUT2D eigenvalue weighted by Gasteiger charge is 2.67. The lowest BCUT2D eigenvalue weighted by atomic mass is 10.1.